The fourth-order valence-electron chi connectivity index (χ4n) is 3.57. The van der Waals surface area contributed by atoms with Crippen molar-refractivity contribution in [1.29, 1.82) is 0 Å². The maximum absolute atomic E-state index is 11.4. The molecule has 6 heteroatoms. The summed E-state index contributed by atoms with van der Waals surface area (Å²) in [6.07, 6.45) is 0. The number of rotatable bonds is 7. The molecule has 1 aromatic heterocycles. The number of fused-ring (bicyclic) bond motifs is 1. The van der Waals surface area contributed by atoms with Crippen LogP contribution < -0.4 is 9.47 Å². The minimum atomic E-state index is -0.388. The van der Waals surface area contributed by atoms with Crippen molar-refractivity contribution in [3.63, 3.8) is 0 Å². The number of benzene rings is 3. The van der Waals surface area contributed by atoms with E-state index in [9.17, 15) is 10.1 Å². The number of aromatic nitrogens is 1. The van der Waals surface area contributed by atoms with Crippen LogP contribution in [0.25, 0.3) is 33.3 Å². The topological polar surface area (TPSA) is 74.5 Å². The fourth-order valence-corrected chi connectivity index (χ4v) is 3.57. The van der Waals surface area contributed by atoms with Gasteiger partial charge in [0.15, 0.2) is 0 Å². The van der Waals surface area contributed by atoms with Crippen LogP contribution in [0.1, 0.15) is 13.8 Å². The summed E-state index contributed by atoms with van der Waals surface area (Å²) in [4.78, 5) is 15.8. The number of nitrogens with zero attached hydrogens (tertiary/aromatic N) is 2. The lowest BCUT2D eigenvalue weighted by atomic mass is 9.97. The van der Waals surface area contributed by atoms with Gasteiger partial charge in [-0.05, 0) is 55.3 Å². The first-order valence-electron chi connectivity index (χ1n) is 10.1. The highest BCUT2D eigenvalue weighted by Crippen LogP contribution is 2.38. The summed E-state index contributed by atoms with van der Waals surface area (Å²) in [5.41, 5.74) is 4.05. The summed E-state index contributed by atoms with van der Waals surface area (Å²) in [5.74, 6) is 1.44. The molecule has 31 heavy (non-hydrogen) atoms. The molecule has 3 aromatic carbocycles. The molecule has 0 saturated carbocycles. The van der Waals surface area contributed by atoms with Gasteiger partial charge in [0.05, 0.1) is 29.3 Å². The Morgan fingerprint density at radius 2 is 1.65 bits per heavy atom. The lowest BCUT2D eigenvalue weighted by molar-refractivity contribution is -0.384. The van der Waals surface area contributed by atoms with Gasteiger partial charge in [-0.1, -0.05) is 30.3 Å². The van der Waals surface area contributed by atoms with E-state index in [1.54, 1.807) is 12.1 Å². The molecule has 0 amide bonds. The highest BCUT2D eigenvalue weighted by Gasteiger charge is 2.16. The predicted octanol–water partition coefficient (Wildman–Crippen LogP) is 6.27. The van der Waals surface area contributed by atoms with Crippen molar-refractivity contribution in [2.45, 2.75) is 13.8 Å². The summed E-state index contributed by atoms with van der Waals surface area (Å²) in [7, 11) is 0. The Kier molecular flexibility index (Phi) is 5.80. The van der Waals surface area contributed by atoms with Gasteiger partial charge in [-0.2, -0.15) is 0 Å². The quantitative estimate of drug-likeness (QED) is 0.263. The van der Waals surface area contributed by atoms with Crippen molar-refractivity contribution in [3.8, 4) is 33.9 Å². The van der Waals surface area contributed by atoms with Crippen molar-refractivity contribution in [2.75, 3.05) is 13.2 Å². The molecule has 0 bridgehead atoms. The Labute approximate surface area is 180 Å². The van der Waals surface area contributed by atoms with E-state index >= 15 is 0 Å². The van der Waals surface area contributed by atoms with E-state index in [1.165, 1.54) is 6.07 Å². The lowest BCUT2D eigenvalue weighted by Crippen LogP contribution is -1.98. The van der Waals surface area contributed by atoms with Gasteiger partial charge in [0, 0.05) is 23.1 Å². The van der Waals surface area contributed by atoms with E-state index in [-0.39, 0.29) is 10.6 Å². The standard InChI is InChI=1S/C25H22N2O4/c1-3-30-19-11-13-25(31-4-2)22(15-19)24-16-20(17-8-6-5-7-9-17)21-14-18(27(28)29)10-12-23(21)26-24/h5-16H,3-4H2,1-2H3. The second-order valence-electron chi connectivity index (χ2n) is 6.90. The van der Waals surface area contributed by atoms with Crippen molar-refractivity contribution in [3.05, 3.63) is 82.9 Å². The van der Waals surface area contributed by atoms with E-state index in [2.05, 4.69) is 0 Å². The molecule has 0 aliphatic heterocycles. The Morgan fingerprint density at radius 3 is 2.35 bits per heavy atom. The molecule has 6 nitrogen and oxygen atoms in total. The zero-order valence-corrected chi connectivity index (χ0v) is 17.4. The van der Waals surface area contributed by atoms with Crippen LogP contribution in [0.3, 0.4) is 0 Å². The third-order valence-corrected chi connectivity index (χ3v) is 4.93. The average molecular weight is 414 g/mol. The Hall–Kier alpha value is -3.93. The number of pyridine rings is 1. The van der Waals surface area contributed by atoms with E-state index in [0.29, 0.717) is 30.2 Å². The molecule has 0 atom stereocenters. The largest absolute Gasteiger partial charge is 0.494 e. The van der Waals surface area contributed by atoms with E-state index in [1.807, 2.05) is 68.4 Å². The van der Waals surface area contributed by atoms with Gasteiger partial charge < -0.3 is 9.47 Å². The molecule has 4 aromatic rings. The van der Waals surface area contributed by atoms with Gasteiger partial charge in [0.25, 0.3) is 5.69 Å². The minimum absolute atomic E-state index is 0.0348. The predicted molar refractivity (Wildman–Crippen MR) is 122 cm³/mol. The van der Waals surface area contributed by atoms with Gasteiger partial charge in [0.2, 0.25) is 0 Å². The van der Waals surface area contributed by atoms with Crippen LogP contribution in [0.15, 0.2) is 72.8 Å². The van der Waals surface area contributed by atoms with Crippen LogP contribution in [-0.2, 0) is 0 Å². The molecule has 0 aliphatic carbocycles. The number of ether oxygens (including phenoxy) is 2. The number of nitro benzene ring substituents is 1. The summed E-state index contributed by atoms with van der Waals surface area (Å²) in [6, 6.07) is 22.2. The van der Waals surface area contributed by atoms with E-state index in [4.69, 9.17) is 14.5 Å². The molecular formula is C25H22N2O4. The Morgan fingerprint density at radius 1 is 0.871 bits per heavy atom. The number of hydrogen-bond acceptors (Lipinski definition) is 5. The maximum Gasteiger partial charge on any atom is 0.270 e. The molecular weight excluding hydrogens is 392 g/mol. The molecule has 0 N–H and O–H groups in total. The zero-order chi connectivity index (χ0) is 21.8. The van der Waals surface area contributed by atoms with Gasteiger partial charge >= 0.3 is 0 Å². The van der Waals surface area contributed by atoms with Gasteiger partial charge in [-0.15, -0.1) is 0 Å². The maximum atomic E-state index is 11.4. The number of hydrogen-bond donors (Lipinski definition) is 0. The molecule has 0 fully saturated rings. The molecule has 0 saturated heterocycles. The molecule has 4 rings (SSSR count). The molecule has 0 aliphatic rings. The first-order valence-corrected chi connectivity index (χ1v) is 10.1. The van der Waals surface area contributed by atoms with E-state index < -0.39 is 0 Å². The molecule has 0 radical (unpaired) electrons. The first-order chi connectivity index (χ1) is 15.1. The van der Waals surface area contributed by atoms with Crippen LogP contribution >= 0.6 is 0 Å². The molecule has 1 heterocycles. The smallest absolute Gasteiger partial charge is 0.270 e. The minimum Gasteiger partial charge on any atom is -0.494 e. The third-order valence-electron chi connectivity index (χ3n) is 4.93. The second-order valence-corrected chi connectivity index (χ2v) is 6.90. The number of nitro groups is 1. The lowest BCUT2D eigenvalue weighted by Gasteiger charge is -2.15. The Bertz CT molecular complexity index is 1240. The van der Waals surface area contributed by atoms with Crippen LogP contribution in [-0.4, -0.2) is 23.1 Å². The monoisotopic (exact) mass is 414 g/mol. The van der Waals surface area contributed by atoms with Gasteiger partial charge in [-0.3, -0.25) is 10.1 Å². The SMILES string of the molecule is CCOc1ccc(OCC)c(-c2cc(-c3ccccc3)c3cc([N+](=O)[O-])ccc3n2)c1. The van der Waals surface area contributed by atoms with Crippen molar-refractivity contribution in [2.24, 2.45) is 0 Å². The van der Waals surface area contributed by atoms with Crippen LogP contribution in [0.5, 0.6) is 11.5 Å². The average Bonchev–Trinajstić information content (AvgIpc) is 2.80. The highest BCUT2D eigenvalue weighted by molar-refractivity contribution is 5.98. The summed E-state index contributed by atoms with van der Waals surface area (Å²) in [6.45, 7) is 4.94. The van der Waals surface area contributed by atoms with Crippen LogP contribution in [0, 0.1) is 10.1 Å². The molecule has 0 spiro atoms. The van der Waals surface area contributed by atoms with Crippen molar-refractivity contribution >= 4 is 16.6 Å². The van der Waals surface area contributed by atoms with Gasteiger partial charge in [-0.25, -0.2) is 4.98 Å². The van der Waals surface area contributed by atoms with Crippen LogP contribution in [0.2, 0.25) is 0 Å². The van der Waals surface area contributed by atoms with E-state index in [0.717, 1.165) is 27.8 Å². The van der Waals surface area contributed by atoms with Gasteiger partial charge in [0.1, 0.15) is 11.5 Å². The molecule has 0 unspecified atom stereocenters. The third kappa shape index (κ3) is 4.19. The number of non-ortho nitro benzene ring substituents is 1. The fraction of sp³-hybridized carbons (Fsp3) is 0.160. The summed E-state index contributed by atoms with van der Waals surface area (Å²) in [5, 5.41) is 12.1. The first kappa shape index (κ1) is 20.3. The normalized spacial score (nSPS) is 10.8. The highest BCUT2D eigenvalue weighted by atomic mass is 16.6. The van der Waals surface area contributed by atoms with Crippen molar-refractivity contribution in [1.82, 2.24) is 4.98 Å². The Balaban J connectivity index is 1.99. The summed E-state index contributed by atoms with van der Waals surface area (Å²) < 4.78 is 11.5. The van der Waals surface area contributed by atoms with Crippen molar-refractivity contribution < 1.29 is 14.4 Å². The second kappa shape index (κ2) is 8.83. The zero-order valence-electron chi connectivity index (χ0n) is 17.4. The van der Waals surface area contributed by atoms with Crippen LogP contribution in [0.4, 0.5) is 5.69 Å². The molecule has 156 valence electrons. The summed E-state index contributed by atoms with van der Waals surface area (Å²) >= 11 is 0.